The van der Waals surface area contributed by atoms with E-state index in [-0.39, 0.29) is 12.0 Å². The standard InChI is InChI=1S/C15H31N3O2/c1-5-13(3)18-11-9-17(10-12-18)8-7-14(16-4)15(19)20-6-2/h13-14,16H,5-12H2,1-4H3. The van der Waals surface area contributed by atoms with E-state index in [9.17, 15) is 4.79 Å². The van der Waals surface area contributed by atoms with Crippen molar-refractivity contribution in [2.24, 2.45) is 0 Å². The summed E-state index contributed by atoms with van der Waals surface area (Å²) in [5, 5.41) is 3.05. The van der Waals surface area contributed by atoms with Crippen molar-refractivity contribution in [3.63, 3.8) is 0 Å². The zero-order valence-electron chi connectivity index (χ0n) is 13.5. The van der Waals surface area contributed by atoms with Crippen molar-refractivity contribution >= 4 is 5.97 Å². The average molecular weight is 285 g/mol. The number of carbonyl (C=O) groups excluding carboxylic acids is 1. The number of piperazine rings is 1. The summed E-state index contributed by atoms with van der Waals surface area (Å²) in [5.74, 6) is -0.131. The molecule has 20 heavy (non-hydrogen) atoms. The van der Waals surface area contributed by atoms with Crippen LogP contribution in [-0.4, -0.2) is 74.2 Å². The lowest BCUT2D eigenvalue weighted by Gasteiger charge is -2.38. The molecule has 0 radical (unpaired) electrons. The van der Waals surface area contributed by atoms with Gasteiger partial charge in [-0.05, 0) is 33.7 Å². The fourth-order valence-corrected chi connectivity index (χ4v) is 2.62. The van der Waals surface area contributed by atoms with Crippen LogP contribution in [0.3, 0.4) is 0 Å². The van der Waals surface area contributed by atoms with Gasteiger partial charge in [0.2, 0.25) is 0 Å². The molecule has 1 aliphatic heterocycles. The van der Waals surface area contributed by atoms with Crippen molar-refractivity contribution in [3.05, 3.63) is 0 Å². The quantitative estimate of drug-likeness (QED) is 0.673. The Labute approximate surface area is 123 Å². The number of carbonyl (C=O) groups is 1. The first-order chi connectivity index (χ1) is 9.62. The molecule has 1 aliphatic rings. The van der Waals surface area contributed by atoms with E-state index in [0.29, 0.717) is 12.6 Å². The molecule has 1 heterocycles. The molecule has 1 fully saturated rings. The monoisotopic (exact) mass is 285 g/mol. The van der Waals surface area contributed by atoms with E-state index in [1.165, 1.54) is 6.42 Å². The van der Waals surface area contributed by atoms with E-state index in [4.69, 9.17) is 4.74 Å². The minimum atomic E-state index is -0.178. The molecule has 0 bridgehead atoms. The SMILES string of the molecule is CCOC(=O)C(CCN1CCN(C(C)CC)CC1)NC. The first kappa shape index (κ1) is 17.4. The van der Waals surface area contributed by atoms with Gasteiger partial charge in [-0.25, -0.2) is 0 Å². The summed E-state index contributed by atoms with van der Waals surface area (Å²) in [6.45, 7) is 12.3. The van der Waals surface area contributed by atoms with Gasteiger partial charge in [0.1, 0.15) is 6.04 Å². The van der Waals surface area contributed by atoms with Crippen LogP contribution in [0.15, 0.2) is 0 Å². The predicted octanol–water partition coefficient (Wildman–Crippen LogP) is 0.944. The molecule has 1 rings (SSSR count). The molecule has 0 spiro atoms. The van der Waals surface area contributed by atoms with Gasteiger partial charge < -0.3 is 15.0 Å². The molecule has 2 unspecified atom stereocenters. The second-order valence-electron chi connectivity index (χ2n) is 5.52. The lowest BCUT2D eigenvalue weighted by Crippen LogP contribution is -2.50. The van der Waals surface area contributed by atoms with Gasteiger partial charge in [-0.15, -0.1) is 0 Å². The number of likely N-dealkylation sites (N-methyl/N-ethyl adjacent to an activating group) is 1. The highest BCUT2D eigenvalue weighted by molar-refractivity contribution is 5.75. The third-order valence-corrected chi connectivity index (χ3v) is 4.27. The zero-order chi connectivity index (χ0) is 15.0. The fraction of sp³-hybridized carbons (Fsp3) is 0.933. The molecule has 0 aromatic carbocycles. The maximum Gasteiger partial charge on any atom is 0.323 e. The number of esters is 1. The highest BCUT2D eigenvalue weighted by Crippen LogP contribution is 2.09. The molecule has 2 atom stereocenters. The largest absolute Gasteiger partial charge is 0.465 e. The van der Waals surface area contributed by atoms with Gasteiger partial charge in [0.05, 0.1) is 6.61 Å². The number of nitrogens with one attached hydrogen (secondary N) is 1. The number of hydrogen-bond acceptors (Lipinski definition) is 5. The van der Waals surface area contributed by atoms with E-state index >= 15 is 0 Å². The molecule has 0 aromatic rings. The van der Waals surface area contributed by atoms with Crippen LogP contribution in [-0.2, 0) is 9.53 Å². The van der Waals surface area contributed by atoms with Crippen LogP contribution < -0.4 is 5.32 Å². The summed E-state index contributed by atoms with van der Waals surface area (Å²) in [6.07, 6.45) is 2.03. The highest BCUT2D eigenvalue weighted by Gasteiger charge is 2.22. The first-order valence-corrected chi connectivity index (χ1v) is 7.92. The molecule has 118 valence electrons. The summed E-state index contributed by atoms with van der Waals surface area (Å²) in [4.78, 5) is 16.7. The van der Waals surface area contributed by atoms with Crippen molar-refractivity contribution in [3.8, 4) is 0 Å². The third-order valence-electron chi connectivity index (χ3n) is 4.27. The van der Waals surface area contributed by atoms with Crippen LogP contribution in [0.25, 0.3) is 0 Å². The molecular weight excluding hydrogens is 254 g/mol. The van der Waals surface area contributed by atoms with Crippen LogP contribution in [0.5, 0.6) is 0 Å². The van der Waals surface area contributed by atoms with Gasteiger partial charge in [-0.3, -0.25) is 9.69 Å². The Bertz CT molecular complexity index is 278. The van der Waals surface area contributed by atoms with E-state index < -0.39 is 0 Å². The van der Waals surface area contributed by atoms with Gasteiger partial charge in [0, 0.05) is 38.8 Å². The fourth-order valence-electron chi connectivity index (χ4n) is 2.62. The number of hydrogen-bond donors (Lipinski definition) is 1. The first-order valence-electron chi connectivity index (χ1n) is 7.92. The van der Waals surface area contributed by atoms with Crippen molar-refractivity contribution < 1.29 is 9.53 Å². The highest BCUT2D eigenvalue weighted by atomic mass is 16.5. The van der Waals surface area contributed by atoms with Crippen LogP contribution in [0.2, 0.25) is 0 Å². The molecule has 1 N–H and O–H groups in total. The predicted molar refractivity (Wildman–Crippen MR) is 81.9 cm³/mol. The van der Waals surface area contributed by atoms with E-state index in [1.54, 1.807) is 0 Å². The summed E-state index contributed by atoms with van der Waals surface area (Å²) in [7, 11) is 1.82. The Hall–Kier alpha value is -0.650. The summed E-state index contributed by atoms with van der Waals surface area (Å²) >= 11 is 0. The second-order valence-corrected chi connectivity index (χ2v) is 5.52. The van der Waals surface area contributed by atoms with Gasteiger partial charge in [0.15, 0.2) is 0 Å². The molecule has 0 aromatic heterocycles. The maximum atomic E-state index is 11.7. The van der Waals surface area contributed by atoms with Crippen LogP contribution >= 0.6 is 0 Å². The molecule has 5 heteroatoms. The third kappa shape index (κ3) is 5.38. The van der Waals surface area contributed by atoms with E-state index in [1.807, 2.05) is 14.0 Å². The Morgan fingerprint density at radius 1 is 1.25 bits per heavy atom. The van der Waals surface area contributed by atoms with Gasteiger partial charge in [0.25, 0.3) is 0 Å². The maximum absolute atomic E-state index is 11.7. The average Bonchev–Trinajstić information content (AvgIpc) is 2.48. The molecule has 0 aliphatic carbocycles. The molecule has 1 saturated heterocycles. The Morgan fingerprint density at radius 2 is 1.90 bits per heavy atom. The van der Waals surface area contributed by atoms with Gasteiger partial charge in [-0.2, -0.15) is 0 Å². The Kier molecular flexibility index (Phi) is 8.11. The van der Waals surface area contributed by atoms with Crippen molar-refractivity contribution in [1.82, 2.24) is 15.1 Å². The lowest BCUT2D eigenvalue weighted by molar-refractivity contribution is -0.145. The molecule has 5 nitrogen and oxygen atoms in total. The summed E-state index contributed by atoms with van der Waals surface area (Å²) < 4.78 is 5.07. The molecular formula is C15H31N3O2. The van der Waals surface area contributed by atoms with Crippen molar-refractivity contribution in [2.75, 3.05) is 46.4 Å². The van der Waals surface area contributed by atoms with E-state index in [0.717, 1.165) is 39.1 Å². The number of nitrogens with zero attached hydrogens (tertiary/aromatic N) is 2. The number of rotatable bonds is 8. The molecule has 0 amide bonds. The van der Waals surface area contributed by atoms with Crippen LogP contribution in [0, 0.1) is 0 Å². The van der Waals surface area contributed by atoms with Gasteiger partial charge >= 0.3 is 5.97 Å². The minimum absolute atomic E-state index is 0.131. The van der Waals surface area contributed by atoms with Crippen LogP contribution in [0.4, 0.5) is 0 Å². The lowest BCUT2D eigenvalue weighted by atomic mass is 10.1. The Morgan fingerprint density at radius 3 is 2.40 bits per heavy atom. The van der Waals surface area contributed by atoms with Gasteiger partial charge in [-0.1, -0.05) is 6.92 Å². The second kappa shape index (κ2) is 9.32. The molecule has 0 saturated carbocycles. The summed E-state index contributed by atoms with van der Waals surface area (Å²) in [5.41, 5.74) is 0. The summed E-state index contributed by atoms with van der Waals surface area (Å²) in [6, 6.07) is 0.504. The van der Waals surface area contributed by atoms with Crippen molar-refractivity contribution in [2.45, 2.75) is 45.7 Å². The minimum Gasteiger partial charge on any atom is -0.465 e. The van der Waals surface area contributed by atoms with Crippen molar-refractivity contribution in [1.29, 1.82) is 0 Å². The zero-order valence-corrected chi connectivity index (χ0v) is 13.5. The number of ether oxygens (including phenoxy) is 1. The normalized spacial score (nSPS) is 20.6. The topological polar surface area (TPSA) is 44.8 Å². The van der Waals surface area contributed by atoms with E-state index in [2.05, 4.69) is 29.0 Å². The van der Waals surface area contributed by atoms with Crippen LogP contribution in [0.1, 0.15) is 33.6 Å². The Balaban J connectivity index is 2.27. The smallest absolute Gasteiger partial charge is 0.323 e.